The Kier molecular flexibility index (Phi) is 3.16. The summed E-state index contributed by atoms with van der Waals surface area (Å²) in [6.45, 7) is 0.910. The van der Waals surface area contributed by atoms with E-state index >= 15 is 0 Å². The van der Waals surface area contributed by atoms with E-state index in [1.807, 2.05) is 24.3 Å². The molecule has 1 aromatic rings. The van der Waals surface area contributed by atoms with E-state index in [2.05, 4.69) is 24.0 Å². The molecule has 1 radical (unpaired) electrons. The van der Waals surface area contributed by atoms with Gasteiger partial charge in [-0.05, 0) is 18.2 Å². The molecule has 0 aliphatic carbocycles. The minimum atomic E-state index is 0.860. The Balaban J connectivity index is 2.43. The van der Waals surface area contributed by atoms with Gasteiger partial charge in [-0.2, -0.15) is 12.6 Å². The predicted molar refractivity (Wildman–Crippen MR) is 47.6 cm³/mol. The minimum Gasteiger partial charge on any atom is -0.384 e. The van der Waals surface area contributed by atoms with E-state index in [1.54, 1.807) is 0 Å². The van der Waals surface area contributed by atoms with Crippen molar-refractivity contribution in [3.05, 3.63) is 30.3 Å². The maximum Gasteiger partial charge on any atom is 0.0340 e. The summed E-state index contributed by atoms with van der Waals surface area (Å²) < 4.78 is 0. The molecule has 53 valence electrons. The number of anilines is 1. The summed E-state index contributed by atoms with van der Waals surface area (Å²) in [6, 6.07) is 10.7. The molecule has 1 aromatic carbocycles. The van der Waals surface area contributed by atoms with Crippen LogP contribution in [-0.4, -0.2) is 12.3 Å². The monoisotopic (exact) mass is 152 g/mol. The summed E-state index contributed by atoms with van der Waals surface area (Å²) in [4.78, 5) is 0. The summed E-state index contributed by atoms with van der Waals surface area (Å²) in [7, 11) is 0. The molecule has 0 aromatic heterocycles. The third-order valence-electron chi connectivity index (χ3n) is 1.16. The first-order valence-electron chi connectivity index (χ1n) is 3.24. The van der Waals surface area contributed by atoms with Gasteiger partial charge in [-0.15, -0.1) is 0 Å². The lowest BCUT2D eigenvalue weighted by Crippen LogP contribution is -2.01. The van der Waals surface area contributed by atoms with Gasteiger partial charge in [0.15, 0.2) is 0 Å². The molecular formula is C8H10NS. The molecule has 0 atom stereocenters. The lowest BCUT2D eigenvalue weighted by atomic mass is 10.3. The Bertz CT molecular complexity index is 174. The second-order valence-electron chi connectivity index (χ2n) is 1.94. The SMILES string of the molecule is SCCNc1cc[c]cc1. The summed E-state index contributed by atoms with van der Waals surface area (Å²) >= 11 is 4.08. The second-order valence-corrected chi connectivity index (χ2v) is 2.39. The first kappa shape index (κ1) is 7.48. The van der Waals surface area contributed by atoms with Crippen molar-refractivity contribution in [1.29, 1.82) is 0 Å². The fourth-order valence-corrected chi connectivity index (χ4v) is 0.817. The Hall–Kier alpha value is -0.630. The van der Waals surface area contributed by atoms with E-state index in [0.717, 1.165) is 18.0 Å². The van der Waals surface area contributed by atoms with Crippen LogP contribution in [0.15, 0.2) is 24.3 Å². The number of rotatable bonds is 3. The highest BCUT2D eigenvalue weighted by molar-refractivity contribution is 7.80. The molecule has 0 aliphatic heterocycles. The zero-order chi connectivity index (χ0) is 7.23. The third-order valence-corrected chi connectivity index (χ3v) is 1.38. The molecule has 2 heteroatoms. The van der Waals surface area contributed by atoms with Crippen LogP contribution in [0.5, 0.6) is 0 Å². The van der Waals surface area contributed by atoms with Crippen molar-refractivity contribution < 1.29 is 0 Å². The zero-order valence-corrected chi connectivity index (χ0v) is 6.57. The van der Waals surface area contributed by atoms with Gasteiger partial charge in [-0.25, -0.2) is 0 Å². The fourth-order valence-electron chi connectivity index (χ4n) is 0.705. The lowest BCUT2D eigenvalue weighted by molar-refractivity contribution is 1.23. The van der Waals surface area contributed by atoms with Crippen molar-refractivity contribution in [3.63, 3.8) is 0 Å². The van der Waals surface area contributed by atoms with Crippen LogP contribution in [0.1, 0.15) is 0 Å². The summed E-state index contributed by atoms with van der Waals surface area (Å²) in [6.07, 6.45) is 0. The van der Waals surface area contributed by atoms with Gasteiger partial charge in [0.05, 0.1) is 0 Å². The van der Waals surface area contributed by atoms with Crippen LogP contribution >= 0.6 is 12.6 Å². The maximum atomic E-state index is 4.08. The van der Waals surface area contributed by atoms with Crippen LogP contribution in [0.2, 0.25) is 0 Å². The molecule has 0 aliphatic rings. The van der Waals surface area contributed by atoms with E-state index in [4.69, 9.17) is 0 Å². The fraction of sp³-hybridized carbons (Fsp3) is 0.250. The Morgan fingerprint density at radius 3 is 2.70 bits per heavy atom. The number of benzene rings is 1. The average molecular weight is 152 g/mol. The van der Waals surface area contributed by atoms with E-state index in [0.29, 0.717) is 0 Å². The summed E-state index contributed by atoms with van der Waals surface area (Å²) in [5.41, 5.74) is 1.13. The van der Waals surface area contributed by atoms with Gasteiger partial charge in [0.2, 0.25) is 0 Å². The molecule has 1 N–H and O–H groups in total. The Labute approximate surface area is 66.9 Å². The lowest BCUT2D eigenvalue weighted by Gasteiger charge is -2.01. The smallest absolute Gasteiger partial charge is 0.0340 e. The molecule has 0 unspecified atom stereocenters. The van der Waals surface area contributed by atoms with Crippen molar-refractivity contribution in [2.45, 2.75) is 0 Å². The number of hydrogen-bond donors (Lipinski definition) is 2. The standard InChI is InChI=1S/C8H10NS/c10-7-6-9-8-4-2-1-3-5-8/h2-5,9-10H,6-7H2. The molecule has 0 bridgehead atoms. The number of nitrogens with one attached hydrogen (secondary N) is 1. The summed E-state index contributed by atoms with van der Waals surface area (Å²) in [5, 5.41) is 3.20. The van der Waals surface area contributed by atoms with Crippen LogP contribution in [-0.2, 0) is 0 Å². The quantitative estimate of drug-likeness (QED) is 0.630. The highest BCUT2D eigenvalue weighted by atomic mass is 32.1. The minimum absolute atomic E-state index is 0.860. The van der Waals surface area contributed by atoms with E-state index in [-0.39, 0.29) is 0 Å². The van der Waals surface area contributed by atoms with Gasteiger partial charge in [-0.3, -0.25) is 0 Å². The highest BCUT2D eigenvalue weighted by Crippen LogP contribution is 2.02. The normalized spacial score (nSPS) is 9.30. The van der Waals surface area contributed by atoms with Gasteiger partial charge >= 0.3 is 0 Å². The predicted octanol–water partition coefficient (Wildman–Crippen LogP) is 1.83. The molecule has 0 saturated heterocycles. The van der Waals surface area contributed by atoms with E-state index in [1.165, 1.54) is 0 Å². The van der Waals surface area contributed by atoms with E-state index in [9.17, 15) is 0 Å². The molecular weight excluding hydrogens is 142 g/mol. The van der Waals surface area contributed by atoms with Gasteiger partial charge in [0.25, 0.3) is 0 Å². The van der Waals surface area contributed by atoms with Crippen molar-refractivity contribution >= 4 is 18.3 Å². The average Bonchev–Trinajstić information content (AvgIpc) is 2.03. The van der Waals surface area contributed by atoms with Crippen molar-refractivity contribution in [3.8, 4) is 0 Å². The number of hydrogen-bond acceptors (Lipinski definition) is 2. The van der Waals surface area contributed by atoms with Crippen molar-refractivity contribution in [2.24, 2.45) is 0 Å². The van der Waals surface area contributed by atoms with Gasteiger partial charge in [0, 0.05) is 18.0 Å². The van der Waals surface area contributed by atoms with Crippen molar-refractivity contribution in [2.75, 3.05) is 17.6 Å². The van der Waals surface area contributed by atoms with Crippen LogP contribution in [0.25, 0.3) is 0 Å². The van der Waals surface area contributed by atoms with Crippen LogP contribution in [0.3, 0.4) is 0 Å². The molecule has 1 nitrogen and oxygen atoms in total. The van der Waals surface area contributed by atoms with Crippen molar-refractivity contribution in [1.82, 2.24) is 0 Å². The number of thiol groups is 1. The van der Waals surface area contributed by atoms with Crippen LogP contribution in [0.4, 0.5) is 5.69 Å². The molecule has 0 spiro atoms. The van der Waals surface area contributed by atoms with E-state index < -0.39 is 0 Å². The molecule has 0 fully saturated rings. The summed E-state index contributed by atoms with van der Waals surface area (Å²) in [5.74, 6) is 0.860. The third kappa shape index (κ3) is 2.31. The second kappa shape index (κ2) is 4.23. The molecule has 0 saturated carbocycles. The first-order valence-corrected chi connectivity index (χ1v) is 3.87. The van der Waals surface area contributed by atoms with Crippen LogP contribution < -0.4 is 5.32 Å². The molecule has 1 rings (SSSR count). The van der Waals surface area contributed by atoms with Crippen LogP contribution in [0, 0.1) is 6.07 Å². The molecule has 10 heavy (non-hydrogen) atoms. The highest BCUT2D eigenvalue weighted by Gasteiger charge is 1.84. The zero-order valence-electron chi connectivity index (χ0n) is 5.67. The Morgan fingerprint density at radius 2 is 2.10 bits per heavy atom. The largest absolute Gasteiger partial charge is 0.384 e. The van der Waals surface area contributed by atoms with Gasteiger partial charge in [0.1, 0.15) is 0 Å². The maximum absolute atomic E-state index is 4.08. The Morgan fingerprint density at radius 1 is 1.40 bits per heavy atom. The first-order chi connectivity index (χ1) is 4.93. The topological polar surface area (TPSA) is 12.0 Å². The van der Waals surface area contributed by atoms with Gasteiger partial charge < -0.3 is 5.32 Å². The molecule has 0 amide bonds. The van der Waals surface area contributed by atoms with Gasteiger partial charge in [-0.1, -0.05) is 12.1 Å². The molecule has 0 heterocycles.